The number of nitrogens with one attached hydrogen (secondary N) is 1. The third-order valence-electron chi connectivity index (χ3n) is 3.61. The Bertz CT molecular complexity index is 494. The first-order valence-corrected chi connectivity index (χ1v) is 7.61. The van der Waals surface area contributed by atoms with Gasteiger partial charge in [0.05, 0.1) is 6.61 Å². The van der Waals surface area contributed by atoms with Crippen molar-refractivity contribution >= 4 is 34.9 Å². The molecule has 116 valence electrons. The van der Waals surface area contributed by atoms with Gasteiger partial charge in [0.2, 0.25) is 0 Å². The van der Waals surface area contributed by atoms with Gasteiger partial charge in [0.15, 0.2) is 0 Å². The molecule has 1 aromatic rings. The maximum atomic E-state index is 12.2. The second kappa shape index (κ2) is 7.31. The van der Waals surface area contributed by atoms with E-state index in [9.17, 15) is 4.79 Å². The van der Waals surface area contributed by atoms with Gasteiger partial charge in [-0.15, -0.1) is 0 Å². The first-order chi connectivity index (χ1) is 10.0. The van der Waals surface area contributed by atoms with Gasteiger partial charge in [-0.05, 0) is 24.6 Å². The first-order valence-electron chi connectivity index (χ1n) is 6.86. The topological polar surface area (TPSA) is 55.8 Å². The summed E-state index contributed by atoms with van der Waals surface area (Å²) in [5.74, 6) is 0. The minimum atomic E-state index is -0.158. The lowest BCUT2D eigenvalue weighted by atomic mass is 10.2. The molecule has 5 nitrogen and oxygen atoms in total. The molecule has 0 aliphatic carbocycles. The third-order valence-corrected chi connectivity index (χ3v) is 4.39. The van der Waals surface area contributed by atoms with Crippen molar-refractivity contribution < 1.29 is 9.90 Å². The molecule has 7 heteroatoms. The zero-order valence-corrected chi connectivity index (χ0v) is 13.4. The number of amides is 2. The molecular weight excluding hydrogens is 313 g/mol. The van der Waals surface area contributed by atoms with E-state index in [4.69, 9.17) is 28.3 Å². The zero-order valence-electron chi connectivity index (χ0n) is 11.9. The summed E-state index contributed by atoms with van der Waals surface area (Å²) in [7, 11) is 0. The Morgan fingerprint density at radius 2 is 1.81 bits per heavy atom. The maximum Gasteiger partial charge on any atom is 0.321 e. The van der Waals surface area contributed by atoms with Crippen LogP contribution in [0.2, 0.25) is 10.0 Å². The van der Waals surface area contributed by atoms with Crippen molar-refractivity contribution in [2.75, 3.05) is 44.6 Å². The van der Waals surface area contributed by atoms with Gasteiger partial charge in [-0.25, -0.2) is 4.79 Å². The largest absolute Gasteiger partial charge is 0.395 e. The Morgan fingerprint density at radius 3 is 2.33 bits per heavy atom. The van der Waals surface area contributed by atoms with Crippen LogP contribution in [0.15, 0.2) is 12.1 Å². The van der Waals surface area contributed by atoms with Gasteiger partial charge in [0, 0.05) is 48.5 Å². The number of piperazine rings is 1. The van der Waals surface area contributed by atoms with Crippen molar-refractivity contribution in [3.05, 3.63) is 27.7 Å². The smallest absolute Gasteiger partial charge is 0.321 e. The molecule has 2 amide bonds. The molecule has 1 heterocycles. The van der Waals surface area contributed by atoms with Crippen LogP contribution in [0.1, 0.15) is 5.56 Å². The average molecular weight is 332 g/mol. The fraction of sp³-hybridized carbons (Fsp3) is 0.500. The van der Waals surface area contributed by atoms with Crippen LogP contribution in [0.4, 0.5) is 10.5 Å². The number of aliphatic hydroxyl groups is 1. The monoisotopic (exact) mass is 331 g/mol. The van der Waals surface area contributed by atoms with Gasteiger partial charge < -0.3 is 15.3 Å². The quantitative estimate of drug-likeness (QED) is 0.894. The second-order valence-corrected chi connectivity index (χ2v) is 5.86. The van der Waals surface area contributed by atoms with Gasteiger partial charge in [-0.1, -0.05) is 23.2 Å². The number of carbonyl (C=O) groups is 1. The van der Waals surface area contributed by atoms with E-state index in [0.29, 0.717) is 35.4 Å². The Kier molecular flexibility index (Phi) is 5.70. The van der Waals surface area contributed by atoms with E-state index in [-0.39, 0.29) is 12.6 Å². The Labute approximate surface area is 134 Å². The van der Waals surface area contributed by atoms with Gasteiger partial charge >= 0.3 is 6.03 Å². The van der Waals surface area contributed by atoms with Crippen LogP contribution in [0.3, 0.4) is 0 Å². The summed E-state index contributed by atoms with van der Waals surface area (Å²) in [5, 5.41) is 12.8. The van der Waals surface area contributed by atoms with Crippen molar-refractivity contribution in [2.24, 2.45) is 0 Å². The molecule has 0 bridgehead atoms. The van der Waals surface area contributed by atoms with Crippen LogP contribution in [0.5, 0.6) is 0 Å². The van der Waals surface area contributed by atoms with E-state index in [1.165, 1.54) is 0 Å². The molecule has 2 rings (SSSR count). The van der Waals surface area contributed by atoms with E-state index in [2.05, 4.69) is 10.2 Å². The number of carbonyl (C=O) groups excluding carboxylic acids is 1. The number of halogens is 2. The molecule has 2 N–H and O–H groups in total. The number of nitrogens with zero attached hydrogens (tertiary/aromatic N) is 2. The summed E-state index contributed by atoms with van der Waals surface area (Å²) in [5.41, 5.74) is 1.40. The van der Waals surface area contributed by atoms with E-state index >= 15 is 0 Å². The van der Waals surface area contributed by atoms with Crippen molar-refractivity contribution in [2.45, 2.75) is 6.92 Å². The molecule has 0 unspecified atom stereocenters. The normalized spacial score (nSPS) is 16.1. The summed E-state index contributed by atoms with van der Waals surface area (Å²) in [6.45, 7) is 5.44. The number of hydrogen-bond donors (Lipinski definition) is 2. The fourth-order valence-electron chi connectivity index (χ4n) is 2.24. The predicted octanol–water partition coefficient (Wildman–Crippen LogP) is 2.44. The highest BCUT2D eigenvalue weighted by Crippen LogP contribution is 2.28. The Morgan fingerprint density at radius 1 is 1.24 bits per heavy atom. The van der Waals surface area contributed by atoms with Gasteiger partial charge in [0.1, 0.15) is 0 Å². The molecule has 1 saturated heterocycles. The fourth-order valence-corrected chi connectivity index (χ4v) is 2.72. The van der Waals surface area contributed by atoms with Gasteiger partial charge in [0.25, 0.3) is 0 Å². The molecular formula is C14H19Cl2N3O2. The number of urea groups is 1. The van der Waals surface area contributed by atoms with E-state index in [1.54, 1.807) is 17.0 Å². The molecule has 21 heavy (non-hydrogen) atoms. The Hall–Kier alpha value is -1.01. The minimum absolute atomic E-state index is 0.145. The highest BCUT2D eigenvalue weighted by atomic mass is 35.5. The summed E-state index contributed by atoms with van der Waals surface area (Å²) in [4.78, 5) is 16.1. The van der Waals surface area contributed by atoms with Crippen LogP contribution in [-0.4, -0.2) is 60.3 Å². The van der Waals surface area contributed by atoms with Crippen LogP contribution in [0, 0.1) is 6.92 Å². The van der Waals surface area contributed by atoms with E-state index in [0.717, 1.165) is 18.7 Å². The molecule has 0 atom stereocenters. The minimum Gasteiger partial charge on any atom is -0.395 e. The molecule has 1 aromatic carbocycles. The van der Waals surface area contributed by atoms with Gasteiger partial charge in [-0.2, -0.15) is 0 Å². The molecule has 1 aliphatic rings. The van der Waals surface area contributed by atoms with Crippen LogP contribution < -0.4 is 5.32 Å². The van der Waals surface area contributed by atoms with Crippen molar-refractivity contribution in [1.82, 2.24) is 9.80 Å². The number of aliphatic hydroxyl groups excluding tert-OH is 1. The zero-order chi connectivity index (χ0) is 15.4. The second-order valence-electron chi connectivity index (χ2n) is 5.05. The highest BCUT2D eigenvalue weighted by Gasteiger charge is 2.21. The SMILES string of the molecule is Cc1c(Cl)cc(NC(=O)N2CCN(CCO)CC2)cc1Cl. The average Bonchev–Trinajstić information content (AvgIpc) is 2.45. The summed E-state index contributed by atoms with van der Waals surface area (Å²) in [6, 6.07) is 3.24. The molecule has 0 radical (unpaired) electrons. The predicted molar refractivity (Wildman–Crippen MR) is 85.3 cm³/mol. The van der Waals surface area contributed by atoms with Crippen LogP contribution in [0.25, 0.3) is 0 Å². The molecule has 0 spiro atoms. The number of β-amino-alcohol motifs (C(OH)–C–C–N with tert-alkyl or cyclic N) is 1. The van der Waals surface area contributed by atoms with E-state index < -0.39 is 0 Å². The molecule has 0 aromatic heterocycles. The number of anilines is 1. The van der Waals surface area contributed by atoms with Crippen LogP contribution in [-0.2, 0) is 0 Å². The van der Waals surface area contributed by atoms with Crippen LogP contribution >= 0.6 is 23.2 Å². The lowest BCUT2D eigenvalue weighted by molar-refractivity contribution is 0.127. The number of rotatable bonds is 3. The summed E-state index contributed by atoms with van der Waals surface area (Å²) < 4.78 is 0. The number of hydrogen-bond acceptors (Lipinski definition) is 3. The Balaban J connectivity index is 1.93. The molecule has 1 aliphatic heterocycles. The van der Waals surface area contributed by atoms with Crippen molar-refractivity contribution in [3.63, 3.8) is 0 Å². The lowest BCUT2D eigenvalue weighted by Gasteiger charge is -2.34. The van der Waals surface area contributed by atoms with Crippen molar-refractivity contribution in [1.29, 1.82) is 0 Å². The number of benzene rings is 1. The maximum absolute atomic E-state index is 12.2. The molecule has 0 saturated carbocycles. The first kappa shape index (κ1) is 16.4. The summed E-state index contributed by atoms with van der Waals surface area (Å²) >= 11 is 12.1. The lowest BCUT2D eigenvalue weighted by Crippen LogP contribution is -2.50. The molecule has 1 fully saturated rings. The van der Waals surface area contributed by atoms with Crippen molar-refractivity contribution in [3.8, 4) is 0 Å². The van der Waals surface area contributed by atoms with Gasteiger partial charge in [-0.3, -0.25) is 4.90 Å². The highest BCUT2D eigenvalue weighted by molar-refractivity contribution is 6.36. The van der Waals surface area contributed by atoms with E-state index in [1.807, 2.05) is 6.92 Å². The third kappa shape index (κ3) is 4.23. The standard InChI is InChI=1S/C14H19Cl2N3O2/c1-10-12(15)8-11(9-13(10)16)17-14(21)19-4-2-18(3-5-19)6-7-20/h8-9,20H,2-7H2,1H3,(H,17,21). The summed E-state index contributed by atoms with van der Waals surface area (Å²) in [6.07, 6.45) is 0.